The maximum absolute atomic E-state index is 11.2. The van der Waals surface area contributed by atoms with Gasteiger partial charge in [-0.3, -0.25) is 10.1 Å². The molecule has 1 rings (SSSR count). The van der Waals surface area contributed by atoms with E-state index >= 15 is 0 Å². The number of aliphatic hydroxyl groups excluding tert-OH is 1. The molecule has 0 aliphatic heterocycles. The minimum absolute atomic E-state index is 0.107. The molecule has 0 radical (unpaired) electrons. The van der Waals surface area contributed by atoms with Crippen LogP contribution in [0.3, 0.4) is 0 Å². The van der Waals surface area contributed by atoms with Crippen LogP contribution < -0.4 is 4.90 Å². The zero-order valence-corrected chi connectivity index (χ0v) is 13.4. The van der Waals surface area contributed by atoms with Crippen LogP contribution in [-0.4, -0.2) is 22.6 Å². The van der Waals surface area contributed by atoms with E-state index in [0.717, 1.165) is 25.8 Å². The highest BCUT2D eigenvalue weighted by atomic mass is 32.1. The quantitative estimate of drug-likeness (QED) is 0.445. The van der Waals surface area contributed by atoms with Gasteiger partial charge in [-0.05, 0) is 27.2 Å². The Labute approximate surface area is 124 Å². The first-order valence-electron chi connectivity index (χ1n) is 7.11. The Morgan fingerprint density at radius 3 is 2.50 bits per heavy atom. The van der Waals surface area contributed by atoms with Crippen molar-refractivity contribution in [1.29, 1.82) is 0 Å². The third-order valence-corrected chi connectivity index (χ3v) is 4.54. The van der Waals surface area contributed by atoms with Crippen molar-refractivity contribution in [2.24, 2.45) is 0 Å². The maximum atomic E-state index is 11.2. The number of aliphatic hydroxyl groups is 1. The molecule has 1 N–H and O–H groups in total. The van der Waals surface area contributed by atoms with Crippen molar-refractivity contribution in [2.75, 3.05) is 11.4 Å². The number of nitrogens with zero attached hydrogens (tertiary/aromatic N) is 2. The number of thiophene rings is 1. The third-order valence-electron chi connectivity index (χ3n) is 3.21. The standard InChI is InChI=1S/C14H24N2O3S/c1-5-6-7-8-15(10(2)3)14-12(16(18)19)9-13(20-14)11(4)17/h9-11,17H,5-8H2,1-4H3/t11-/m0/s1. The molecule has 0 saturated carbocycles. The maximum Gasteiger partial charge on any atom is 0.304 e. The number of unbranched alkanes of at least 4 members (excludes halogenated alkanes) is 2. The van der Waals surface area contributed by atoms with E-state index in [1.54, 1.807) is 6.92 Å². The number of nitro groups is 1. The summed E-state index contributed by atoms with van der Waals surface area (Å²) >= 11 is 1.32. The van der Waals surface area contributed by atoms with Gasteiger partial charge in [0.2, 0.25) is 0 Å². The average Bonchev–Trinajstić information content (AvgIpc) is 2.79. The number of hydrogen-bond donors (Lipinski definition) is 1. The van der Waals surface area contributed by atoms with Crippen molar-refractivity contribution in [1.82, 2.24) is 0 Å². The first kappa shape index (κ1) is 16.9. The number of anilines is 1. The summed E-state index contributed by atoms with van der Waals surface area (Å²) in [5.41, 5.74) is 0.107. The fourth-order valence-corrected chi connectivity index (χ4v) is 3.28. The van der Waals surface area contributed by atoms with Crippen LogP contribution in [0.4, 0.5) is 10.7 Å². The topological polar surface area (TPSA) is 66.6 Å². The molecule has 5 nitrogen and oxygen atoms in total. The lowest BCUT2D eigenvalue weighted by atomic mass is 10.2. The van der Waals surface area contributed by atoms with Gasteiger partial charge >= 0.3 is 5.69 Å². The van der Waals surface area contributed by atoms with Crippen molar-refractivity contribution < 1.29 is 10.0 Å². The van der Waals surface area contributed by atoms with Crippen molar-refractivity contribution in [3.8, 4) is 0 Å². The molecule has 0 aliphatic carbocycles. The van der Waals surface area contributed by atoms with Crippen molar-refractivity contribution >= 4 is 22.0 Å². The summed E-state index contributed by atoms with van der Waals surface area (Å²) in [7, 11) is 0. The molecule has 20 heavy (non-hydrogen) atoms. The zero-order valence-electron chi connectivity index (χ0n) is 12.6. The molecular weight excluding hydrogens is 276 g/mol. The Morgan fingerprint density at radius 2 is 2.05 bits per heavy atom. The Morgan fingerprint density at radius 1 is 1.40 bits per heavy atom. The molecule has 6 heteroatoms. The minimum atomic E-state index is -0.669. The van der Waals surface area contributed by atoms with E-state index in [4.69, 9.17) is 0 Å². The Kier molecular flexibility index (Phi) is 6.42. The predicted molar refractivity (Wildman–Crippen MR) is 83.6 cm³/mol. The van der Waals surface area contributed by atoms with E-state index in [1.165, 1.54) is 17.4 Å². The monoisotopic (exact) mass is 300 g/mol. The molecule has 0 aromatic carbocycles. The van der Waals surface area contributed by atoms with Gasteiger partial charge in [0.05, 0.1) is 11.0 Å². The number of hydrogen-bond acceptors (Lipinski definition) is 5. The highest BCUT2D eigenvalue weighted by Crippen LogP contribution is 2.41. The molecule has 0 amide bonds. The van der Waals surface area contributed by atoms with Gasteiger partial charge in [0.15, 0.2) is 5.00 Å². The number of rotatable bonds is 8. The second-order valence-electron chi connectivity index (χ2n) is 5.27. The molecule has 1 heterocycles. The molecule has 0 saturated heterocycles. The SMILES string of the molecule is CCCCCN(c1sc([C@H](C)O)cc1[N+](=O)[O-])C(C)C. The van der Waals surface area contributed by atoms with Gasteiger partial charge < -0.3 is 10.0 Å². The van der Waals surface area contributed by atoms with Crippen LogP contribution >= 0.6 is 11.3 Å². The summed E-state index contributed by atoms with van der Waals surface area (Å²) < 4.78 is 0. The summed E-state index contributed by atoms with van der Waals surface area (Å²) in [6.45, 7) is 8.66. The van der Waals surface area contributed by atoms with Gasteiger partial charge in [-0.2, -0.15) is 0 Å². The fourth-order valence-electron chi connectivity index (χ4n) is 2.06. The Bertz CT molecular complexity index is 444. The van der Waals surface area contributed by atoms with Crippen molar-refractivity contribution in [2.45, 2.75) is 59.1 Å². The van der Waals surface area contributed by atoms with Crippen LogP contribution in [0.5, 0.6) is 0 Å². The average molecular weight is 300 g/mol. The second-order valence-corrected chi connectivity index (χ2v) is 6.33. The van der Waals surface area contributed by atoms with Crippen molar-refractivity contribution in [3.05, 3.63) is 21.1 Å². The van der Waals surface area contributed by atoms with Gasteiger partial charge in [0.25, 0.3) is 0 Å². The van der Waals surface area contributed by atoms with Gasteiger partial charge in [0, 0.05) is 23.5 Å². The molecule has 0 bridgehead atoms. The lowest BCUT2D eigenvalue weighted by Crippen LogP contribution is -2.31. The molecule has 114 valence electrons. The predicted octanol–water partition coefficient (Wildman–Crippen LogP) is 4.11. The third kappa shape index (κ3) is 4.18. The van der Waals surface area contributed by atoms with Crippen LogP contribution in [0.15, 0.2) is 6.07 Å². The Hall–Kier alpha value is -1.14. The molecular formula is C14H24N2O3S. The van der Waals surface area contributed by atoms with Crippen LogP contribution in [0.25, 0.3) is 0 Å². The smallest absolute Gasteiger partial charge is 0.304 e. The molecule has 1 aromatic heterocycles. The summed E-state index contributed by atoms with van der Waals surface area (Å²) in [4.78, 5) is 13.6. The fraction of sp³-hybridized carbons (Fsp3) is 0.714. The van der Waals surface area contributed by atoms with E-state index in [-0.39, 0.29) is 16.7 Å². The zero-order chi connectivity index (χ0) is 15.3. The summed E-state index contributed by atoms with van der Waals surface area (Å²) in [6.07, 6.45) is 2.59. The highest BCUT2D eigenvalue weighted by molar-refractivity contribution is 7.16. The van der Waals surface area contributed by atoms with Crippen LogP contribution in [0, 0.1) is 10.1 Å². The lowest BCUT2D eigenvalue weighted by molar-refractivity contribution is -0.383. The molecule has 0 aliphatic rings. The molecule has 0 fully saturated rings. The van der Waals surface area contributed by atoms with Crippen LogP contribution in [-0.2, 0) is 0 Å². The first-order chi connectivity index (χ1) is 9.38. The van der Waals surface area contributed by atoms with Crippen LogP contribution in [0.2, 0.25) is 0 Å². The molecule has 1 aromatic rings. The van der Waals surface area contributed by atoms with Gasteiger partial charge in [0.1, 0.15) is 0 Å². The Balaban J connectivity index is 3.07. The summed E-state index contributed by atoms with van der Waals surface area (Å²) in [5.74, 6) is 0. The van der Waals surface area contributed by atoms with E-state index in [0.29, 0.717) is 9.88 Å². The van der Waals surface area contributed by atoms with E-state index in [9.17, 15) is 15.2 Å². The van der Waals surface area contributed by atoms with E-state index < -0.39 is 6.10 Å². The lowest BCUT2D eigenvalue weighted by Gasteiger charge is -2.26. The molecule has 0 spiro atoms. The second kappa shape index (κ2) is 7.59. The normalized spacial score (nSPS) is 12.7. The highest BCUT2D eigenvalue weighted by Gasteiger charge is 2.26. The van der Waals surface area contributed by atoms with E-state index in [1.807, 2.05) is 13.8 Å². The van der Waals surface area contributed by atoms with E-state index in [2.05, 4.69) is 11.8 Å². The summed E-state index contributed by atoms with van der Waals surface area (Å²) in [6, 6.07) is 1.70. The first-order valence-corrected chi connectivity index (χ1v) is 7.92. The minimum Gasteiger partial charge on any atom is -0.388 e. The molecule has 0 unspecified atom stereocenters. The molecule has 1 atom stereocenters. The van der Waals surface area contributed by atoms with Gasteiger partial charge in [-0.1, -0.05) is 19.8 Å². The largest absolute Gasteiger partial charge is 0.388 e. The van der Waals surface area contributed by atoms with Gasteiger partial charge in [-0.25, -0.2) is 0 Å². The van der Waals surface area contributed by atoms with Gasteiger partial charge in [-0.15, -0.1) is 11.3 Å². The van der Waals surface area contributed by atoms with Crippen molar-refractivity contribution in [3.63, 3.8) is 0 Å². The van der Waals surface area contributed by atoms with Crippen LogP contribution in [0.1, 0.15) is 57.9 Å². The summed E-state index contributed by atoms with van der Waals surface area (Å²) in [5, 5.41) is 21.5.